The minimum atomic E-state index is -0.524. The van der Waals surface area contributed by atoms with Crippen molar-refractivity contribution in [1.29, 1.82) is 0 Å². The lowest BCUT2D eigenvalue weighted by Gasteiger charge is -2.12. The topological polar surface area (TPSA) is 93.7 Å². The Hall–Kier alpha value is -2.43. The minimum absolute atomic E-state index is 0.109. The lowest BCUT2D eigenvalue weighted by molar-refractivity contribution is -0.117. The number of amides is 3. The number of hydrogen-bond acceptors (Lipinski definition) is 6. The summed E-state index contributed by atoms with van der Waals surface area (Å²) in [4.78, 5) is 33.3. The smallest absolute Gasteiger partial charge is 0.329 e. The fourth-order valence-electron chi connectivity index (χ4n) is 2.42. The molecule has 2 aromatic rings. The second kappa shape index (κ2) is 7.85. The van der Waals surface area contributed by atoms with E-state index in [1.54, 1.807) is 12.1 Å². The first kappa shape index (κ1) is 18.4. The van der Waals surface area contributed by atoms with E-state index in [-0.39, 0.29) is 11.9 Å². The molecule has 9 heteroatoms. The van der Waals surface area contributed by atoms with Crippen molar-refractivity contribution in [3.8, 4) is 17.5 Å². The Morgan fingerprint density at radius 1 is 1.27 bits per heavy atom. The van der Waals surface area contributed by atoms with Crippen LogP contribution in [0.2, 0.25) is 0 Å². The molecule has 0 bridgehead atoms. The molecule has 8 nitrogen and oxygen atoms in total. The van der Waals surface area contributed by atoms with Crippen molar-refractivity contribution >= 4 is 40.2 Å². The van der Waals surface area contributed by atoms with Gasteiger partial charge in [-0.1, -0.05) is 28.7 Å². The summed E-state index contributed by atoms with van der Waals surface area (Å²) in [5, 5.41) is 2.61. The fraction of sp³-hybridized carbons (Fsp3) is 0.294. The van der Waals surface area contributed by atoms with Crippen LogP contribution in [0.15, 0.2) is 30.6 Å². The highest BCUT2D eigenvalue weighted by Crippen LogP contribution is 2.27. The third-order valence-electron chi connectivity index (χ3n) is 3.71. The number of imide groups is 1. The van der Waals surface area contributed by atoms with E-state index < -0.39 is 12.1 Å². The van der Waals surface area contributed by atoms with Crippen molar-refractivity contribution in [3.05, 3.63) is 36.2 Å². The van der Waals surface area contributed by atoms with E-state index in [1.165, 1.54) is 12.4 Å². The number of carbonyl (C=O) groups excluding carboxylic acids is 2. The van der Waals surface area contributed by atoms with Gasteiger partial charge in [0.05, 0.1) is 24.7 Å². The van der Waals surface area contributed by atoms with E-state index in [1.807, 2.05) is 42.5 Å². The van der Waals surface area contributed by atoms with Crippen molar-refractivity contribution in [2.24, 2.45) is 0 Å². The second-order valence-electron chi connectivity index (χ2n) is 5.52. The van der Waals surface area contributed by atoms with Gasteiger partial charge < -0.3 is 14.8 Å². The Kier molecular flexibility index (Phi) is 5.55. The average molecular weight is 468 g/mol. The molecule has 0 radical (unpaired) electrons. The molecule has 0 saturated carbocycles. The van der Waals surface area contributed by atoms with E-state index in [9.17, 15) is 9.59 Å². The first-order valence-corrected chi connectivity index (χ1v) is 9.49. The largest absolute Gasteiger partial charge is 0.493 e. The van der Waals surface area contributed by atoms with Gasteiger partial charge in [-0.05, 0) is 25.5 Å². The van der Waals surface area contributed by atoms with Crippen LogP contribution in [0.4, 0.5) is 10.5 Å². The summed E-state index contributed by atoms with van der Waals surface area (Å²) in [6, 6.07) is 4.54. The monoisotopic (exact) mass is 468 g/mol. The number of rotatable bonds is 6. The van der Waals surface area contributed by atoms with Gasteiger partial charge in [-0.25, -0.2) is 19.7 Å². The highest BCUT2D eigenvalue weighted by molar-refractivity contribution is 14.1. The summed E-state index contributed by atoms with van der Waals surface area (Å²) in [6.45, 7) is 4.41. The van der Waals surface area contributed by atoms with Crippen molar-refractivity contribution in [3.63, 3.8) is 0 Å². The number of urea groups is 1. The molecule has 1 atom stereocenters. The maximum atomic E-state index is 12.2. The number of aryl methyl sites for hydroxylation is 1. The Morgan fingerprint density at radius 3 is 2.62 bits per heavy atom. The molecule has 136 valence electrons. The van der Waals surface area contributed by atoms with Crippen molar-refractivity contribution < 1.29 is 19.1 Å². The highest BCUT2D eigenvalue weighted by atomic mass is 127. The van der Waals surface area contributed by atoms with Crippen LogP contribution in [0.25, 0.3) is 0 Å². The second-order valence-corrected chi connectivity index (χ2v) is 6.40. The average Bonchev–Trinajstić information content (AvgIpc) is 2.92. The third kappa shape index (κ3) is 3.71. The van der Waals surface area contributed by atoms with Crippen molar-refractivity contribution in [2.45, 2.75) is 19.9 Å². The van der Waals surface area contributed by atoms with Gasteiger partial charge in [-0.2, -0.15) is 0 Å². The molecule has 1 fully saturated rings. The molecule has 0 unspecified atom stereocenters. The summed E-state index contributed by atoms with van der Waals surface area (Å²) in [6.07, 6.45) is 2.76. The first-order chi connectivity index (χ1) is 12.5. The van der Waals surface area contributed by atoms with Crippen LogP contribution < -0.4 is 19.7 Å². The van der Waals surface area contributed by atoms with Crippen LogP contribution in [-0.2, 0) is 4.79 Å². The molecule has 1 aliphatic heterocycles. The summed E-state index contributed by atoms with van der Waals surface area (Å²) in [7, 11) is 0. The molecule has 1 aromatic heterocycles. The molecule has 2 heterocycles. The lowest BCUT2D eigenvalue weighted by Crippen LogP contribution is -2.32. The summed E-state index contributed by atoms with van der Waals surface area (Å²) >= 11 is 2.05. The Balaban J connectivity index is 1.75. The number of hydrogen-bond donors (Lipinski definition) is 1. The van der Waals surface area contributed by atoms with Gasteiger partial charge in [0.2, 0.25) is 0 Å². The molecule has 1 aromatic carbocycles. The van der Waals surface area contributed by atoms with Gasteiger partial charge in [0, 0.05) is 10.5 Å². The van der Waals surface area contributed by atoms with Crippen molar-refractivity contribution in [2.75, 3.05) is 15.9 Å². The molecule has 0 spiro atoms. The normalized spacial score (nSPS) is 16.6. The Morgan fingerprint density at radius 2 is 2.00 bits per heavy atom. The fourth-order valence-corrected chi connectivity index (χ4v) is 3.02. The molecule has 0 aliphatic carbocycles. The zero-order valence-corrected chi connectivity index (χ0v) is 16.4. The number of aromatic nitrogens is 2. The quantitative estimate of drug-likeness (QED) is 0.398. The predicted octanol–water partition coefficient (Wildman–Crippen LogP) is 2.84. The summed E-state index contributed by atoms with van der Waals surface area (Å²) in [5.74, 6) is 0.944. The third-order valence-corrected chi connectivity index (χ3v) is 4.60. The van der Waals surface area contributed by atoms with Crippen molar-refractivity contribution in [1.82, 2.24) is 15.3 Å². The predicted molar refractivity (Wildman–Crippen MR) is 103 cm³/mol. The Labute approximate surface area is 164 Å². The summed E-state index contributed by atoms with van der Waals surface area (Å²) < 4.78 is 11.7. The SMILES string of the molecule is CCOc1cc(Oc2ncc(N3C(=O)N[C@H](CI)C3=O)cn2)ccc1C. The molecule has 1 N–H and O–H groups in total. The molecule has 1 aliphatic rings. The maximum Gasteiger partial charge on any atom is 0.329 e. The van der Waals surface area contributed by atoms with Crippen LogP contribution in [0, 0.1) is 6.92 Å². The van der Waals surface area contributed by atoms with Crippen LogP contribution in [0.5, 0.6) is 17.5 Å². The number of carbonyl (C=O) groups is 2. The Bertz CT molecular complexity index is 828. The molecule has 3 amide bonds. The van der Waals surface area contributed by atoms with Gasteiger partial charge in [-0.15, -0.1) is 0 Å². The number of halogens is 1. The van der Waals surface area contributed by atoms with Gasteiger partial charge in [0.15, 0.2) is 0 Å². The van der Waals surface area contributed by atoms with E-state index in [0.717, 1.165) is 16.2 Å². The number of anilines is 1. The van der Waals surface area contributed by atoms with Crippen LogP contribution >= 0.6 is 22.6 Å². The zero-order chi connectivity index (χ0) is 18.7. The van der Waals surface area contributed by atoms with Crippen LogP contribution in [-0.4, -0.2) is 39.0 Å². The zero-order valence-electron chi connectivity index (χ0n) is 14.2. The molecule has 1 saturated heterocycles. The van der Waals surface area contributed by atoms with Crippen LogP contribution in [0.1, 0.15) is 12.5 Å². The van der Waals surface area contributed by atoms with Gasteiger partial charge >= 0.3 is 12.0 Å². The van der Waals surface area contributed by atoms with E-state index in [4.69, 9.17) is 9.47 Å². The van der Waals surface area contributed by atoms with Crippen LogP contribution in [0.3, 0.4) is 0 Å². The van der Waals surface area contributed by atoms with Gasteiger partial charge in [0.25, 0.3) is 5.91 Å². The molecule has 3 rings (SSSR count). The number of alkyl halides is 1. The van der Waals surface area contributed by atoms with Gasteiger partial charge in [0.1, 0.15) is 17.5 Å². The van der Waals surface area contributed by atoms with E-state index in [2.05, 4.69) is 15.3 Å². The number of nitrogens with one attached hydrogen (secondary N) is 1. The molecule has 26 heavy (non-hydrogen) atoms. The minimum Gasteiger partial charge on any atom is -0.493 e. The first-order valence-electron chi connectivity index (χ1n) is 7.97. The lowest BCUT2D eigenvalue weighted by atomic mass is 10.2. The maximum absolute atomic E-state index is 12.2. The highest BCUT2D eigenvalue weighted by Gasteiger charge is 2.38. The van der Waals surface area contributed by atoms with E-state index in [0.29, 0.717) is 22.5 Å². The van der Waals surface area contributed by atoms with E-state index >= 15 is 0 Å². The molecular formula is C17H17IN4O4. The summed E-state index contributed by atoms with van der Waals surface area (Å²) in [5.41, 5.74) is 1.30. The molecular weight excluding hydrogens is 451 g/mol. The van der Waals surface area contributed by atoms with Gasteiger partial charge in [-0.3, -0.25) is 4.79 Å². The standard InChI is InChI=1S/C17H17IN4O4/c1-3-25-14-6-12(5-4-10(14)2)26-16-19-8-11(9-20-16)22-15(23)13(7-18)21-17(22)24/h4-6,8-9,13H,3,7H2,1-2H3,(H,21,24)/t13-/m1/s1. The number of nitrogens with zero attached hydrogens (tertiary/aromatic N) is 3. The number of ether oxygens (including phenoxy) is 2. The number of benzene rings is 1.